The molecule has 0 aliphatic carbocycles. The number of piperidine rings is 1. The van der Waals surface area contributed by atoms with Gasteiger partial charge in [-0.3, -0.25) is 9.59 Å². The molecule has 7 heteroatoms. The summed E-state index contributed by atoms with van der Waals surface area (Å²) in [6, 6.07) is 7.53. The van der Waals surface area contributed by atoms with Gasteiger partial charge in [-0.15, -0.1) is 0 Å². The molecule has 0 saturated carbocycles. The van der Waals surface area contributed by atoms with Gasteiger partial charge in [-0.2, -0.15) is 0 Å². The molecule has 0 bridgehead atoms. The van der Waals surface area contributed by atoms with Crippen LogP contribution in [-0.2, 0) is 14.3 Å². The van der Waals surface area contributed by atoms with Crippen LogP contribution >= 0.6 is 0 Å². The Morgan fingerprint density at radius 3 is 2.88 bits per heavy atom. The van der Waals surface area contributed by atoms with Crippen LogP contribution in [0.2, 0.25) is 0 Å². The van der Waals surface area contributed by atoms with Gasteiger partial charge in [0.15, 0.2) is 6.61 Å². The normalized spacial score (nSPS) is 18.8. The third kappa shape index (κ3) is 3.99. The summed E-state index contributed by atoms with van der Waals surface area (Å²) in [7, 11) is 1.64. The summed E-state index contributed by atoms with van der Waals surface area (Å²) in [4.78, 5) is 26.6. The van der Waals surface area contributed by atoms with E-state index in [1.54, 1.807) is 12.0 Å². The number of benzene rings is 1. The van der Waals surface area contributed by atoms with E-state index >= 15 is 0 Å². The molecule has 26 heavy (non-hydrogen) atoms. The summed E-state index contributed by atoms with van der Waals surface area (Å²) in [6.45, 7) is 3.25. The number of methoxy groups -OCH3 is 1. The Kier molecular flexibility index (Phi) is 6.11. The second-order valence-corrected chi connectivity index (χ2v) is 6.87. The molecule has 2 amide bonds. The molecular formula is C19H27N3O4. The predicted octanol–water partition coefficient (Wildman–Crippen LogP) is 0.935. The smallest absolute Gasteiger partial charge is 0.265 e. The minimum atomic E-state index is -0.443. The highest BCUT2D eigenvalue weighted by atomic mass is 16.5. The molecule has 0 aromatic heterocycles. The van der Waals surface area contributed by atoms with Crippen molar-refractivity contribution in [3.63, 3.8) is 0 Å². The monoisotopic (exact) mass is 361 g/mol. The molecular weight excluding hydrogens is 334 g/mol. The molecule has 0 radical (unpaired) electrons. The number of nitrogens with zero attached hydrogens (tertiary/aromatic N) is 1. The fraction of sp³-hybridized carbons (Fsp3) is 0.579. The van der Waals surface area contributed by atoms with Crippen molar-refractivity contribution >= 4 is 17.5 Å². The molecule has 0 spiro atoms. The molecule has 3 rings (SSSR count). The molecule has 1 aromatic carbocycles. The molecule has 2 N–H and O–H groups in total. The Balaban J connectivity index is 1.52. The number of amides is 2. The molecule has 7 nitrogen and oxygen atoms in total. The molecule has 142 valence electrons. The molecule has 2 heterocycles. The lowest BCUT2D eigenvalue weighted by Crippen LogP contribution is -2.50. The van der Waals surface area contributed by atoms with Gasteiger partial charge in [0, 0.05) is 20.2 Å². The van der Waals surface area contributed by atoms with Crippen molar-refractivity contribution < 1.29 is 19.1 Å². The number of nitrogens with one attached hydrogen (secondary N) is 2. The summed E-state index contributed by atoms with van der Waals surface area (Å²) >= 11 is 0. The first kappa shape index (κ1) is 18.7. The number of hydrogen-bond acceptors (Lipinski definition) is 5. The second-order valence-electron chi connectivity index (χ2n) is 6.87. The highest BCUT2D eigenvalue weighted by Gasteiger charge is 2.39. The number of carbonyl (C=O) groups is 2. The van der Waals surface area contributed by atoms with E-state index in [-0.39, 0.29) is 18.4 Å². The summed E-state index contributed by atoms with van der Waals surface area (Å²) in [5, 5.41) is 6.33. The minimum Gasteiger partial charge on any atom is -0.482 e. The number of hydrogen-bond donors (Lipinski definition) is 2. The standard InChI is InChI=1S/C19H27N3O4/c1-25-14-19(7-10-20-11-8-19)18(24)21-9-4-12-22-15-5-2-3-6-16(15)26-13-17(22)23/h2-3,5-6,20H,4,7-14H2,1H3,(H,21,24). The van der Waals surface area contributed by atoms with Crippen LogP contribution in [0.4, 0.5) is 5.69 Å². The first-order valence-electron chi connectivity index (χ1n) is 9.16. The maximum absolute atomic E-state index is 12.7. The van der Waals surface area contributed by atoms with E-state index < -0.39 is 5.41 Å². The van der Waals surface area contributed by atoms with E-state index in [2.05, 4.69) is 10.6 Å². The van der Waals surface area contributed by atoms with Crippen LogP contribution in [0.1, 0.15) is 19.3 Å². The highest BCUT2D eigenvalue weighted by molar-refractivity contribution is 5.97. The van der Waals surface area contributed by atoms with Crippen LogP contribution in [0, 0.1) is 5.41 Å². The van der Waals surface area contributed by atoms with Crippen LogP contribution in [-0.4, -0.2) is 58.3 Å². The molecule has 1 saturated heterocycles. The van der Waals surface area contributed by atoms with Crippen LogP contribution in [0.15, 0.2) is 24.3 Å². The lowest BCUT2D eigenvalue weighted by Gasteiger charge is -2.35. The van der Waals surface area contributed by atoms with Gasteiger partial charge in [-0.05, 0) is 44.5 Å². The molecule has 1 fully saturated rings. The van der Waals surface area contributed by atoms with Crippen molar-refractivity contribution in [2.24, 2.45) is 5.41 Å². The van der Waals surface area contributed by atoms with Gasteiger partial charge < -0.3 is 25.0 Å². The zero-order valence-electron chi connectivity index (χ0n) is 15.3. The highest BCUT2D eigenvalue weighted by Crippen LogP contribution is 2.31. The largest absolute Gasteiger partial charge is 0.482 e. The predicted molar refractivity (Wildman–Crippen MR) is 98.3 cm³/mol. The van der Waals surface area contributed by atoms with Crippen molar-refractivity contribution in [3.8, 4) is 5.75 Å². The Hall–Kier alpha value is -2.12. The van der Waals surface area contributed by atoms with E-state index in [0.717, 1.165) is 37.4 Å². The maximum atomic E-state index is 12.7. The summed E-state index contributed by atoms with van der Waals surface area (Å²) < 4.78 is 10.8. The summed E-state index contributed by atoms with van der Waals surface area (Å²) in [5.74, 6) is 0.726. The van der Waals surface area contributed by atoms with E-state index in [1.165, 1.54) is 0 Å². The average molecular weight is 361 g/mol. The van der Waals surface area contributed by atoms with Crippen LogP contribution in [0.5, 0.6) is 5.75 Å². The molecule has 0 unspecified atom stereocenters. The third-order valence-corrected chi connectivity index (χ3v) is 5.12. The van der Waals surface area contributed by atoms with E-state index in [9.17, 15) is 9.59 Å². The van der Waals surface area contributed by atoms with Gasteiger partial charge in [0.2, 0.25) is 5.91 Å². The van der Waals surface area contributed by atoms with Crippen molar-refractivity contribution in [3.05, 3.63) is 24.3 Å². The third-order valence-electron chi connectivity index (χ3n) is 5.12. The minimum absolute atomic E-state index is 0.0505. The first-order chi connectivity index (χ1) is 12.7. The van der Waals surface area contributed by atoms with Crippen LogP contribution < -0.4 is 20.3 Å². The number of rotatable bonds is 7. The van der Waals surface area contributed by atoms with Gasteiger partial charge in [0.25, 0.3) is 5.91 Å². The lowest BCUT2D eigenvalue weighted by atomic mass is 9.78. The van der Waals surface area contributed by atoms with E-state index in [0.29, 0.717) is 26.1 Å². The number of carbonyl (C=O) groups excluding carboxylic acids is 2. The van der Waals surface area contributed by atoms with Gasteiger partial charge >= 0.3 is 0 Å². The van der Waals surface area contributed by atoms with Crippen molar-refractivity contribution in [1.82, 2.24) is 10.6 Å². The molecule has 0 atom stereocenters. The summed E-state index contributed by atoms with van der Waals surface area (Å²) in [5.41, 5.74) is 0.353. The first-order valence-corrected chi connectivity index (χ1v) is 9.16. The molecule has 2 aliphatic heterocycles. The number of para-hydroxylation sites is 2. The van der Waals surface area contributed by atoms with Crippen molar-refractivity contribution in [2.75, 3.05) is 51.4 Å². The van der Waals surface area contributed by atoms with Crippen molar-refractivity contribution in [1.29, 1.82) is 0 Å². The van der Waals surface area contributed by atoms with E-state index in [4.69, 9.17) is 9.47 Å². The van der Waals surface area contributed by atoms with E-state index in [1.807, 2.05) is 24.3 Å². The Morgan fingerprint density at radius 2 is 2.12 bits per heavy atom. The quantitative estimate of drug-likeness (QED) is 0.707. The SMILES string of the molecule is COCC1(C(=O)NCCCN2C(=O)COc3ccccc32)CCNCC1. The number of anilines is 1. The van der Waals surface area contributed by atoms with Crippen LogP contribution in [0.3, 0.4) is 0 Å². The molecule has 1 aromatic rings. The summed E-state index contributed by atoms with van der Waals surface area (Å²) in [6.07, 6.45) is 2.25. The van der Waals surface area contributed by atoms with Gasteiger partial charge in [0.1, 0.15) is 5.75 Å². The zero-order chi connectivity index (χ0) is 18.4. The lowest BCUT2D eigenvalue weighted by molar-refractivity contribution is -0.136. The zero-order valence-corrected chi connectivity index (χ0v) is 15.3. The molecule has 2 aliphatic rings. The number of ether oxygens (including phenoxy) is 2. The number of fused-ring (bicyclic) bond motifs is 1. The fourth-order valence-corrected chi connectivity index (χ4v) is 3.64. The Morgan fingerprint density at radius 1 is 1.35 bits per heavy atom. The fourth-order valence-electron chi connectivity index (χ4n) is 3.64. The Bertz CT molecular complexity index is 638. The average Bonchev–Trinajstić information content (AvgIpc) is 2.67. The van der Waals surface area contributed by atoms with Crippen molar-refractivity contribution in [2.45, 2.75) is 19.3 Å². The second kappa shape index (κ2) is 8.51. The maximum Gasteiger partial charge on any atom is 0.265 e. The Labute approximate surface area is 154 Å². The van der Waals surface area contributed by atoms with Gasteiger partial charge in [-0.25, -0.2) is 0 Å². The topological polar surface area (TPSA) is 79.9 Å². The van der Waals surface area contributed by atoms with Gasteiger partial charge in [-0.1, -0.05) is 12.1 Å². The van der Waals surface area contributed by atoms with Gasteiger partial charge in [0.05, 0.1) is 17.7 Å². The van der Waals surface area contributed by atoms with Crippen LogP contribution in [0.25, 0.3) is 0 Å².